The molecule has 1 rings (SSSR count). The molecule has 0 fully saturated rings. The van der Waals surface area contributed by atoms with Gasteiger partial charge in [-0.3, -0.25) is 9.59 Å². The van der Waals surface area contributed by atoms with Crippen LogP contribution in [0.1, 0.15) is 12.0 Å². The monoisotopic (exact) mass is 315 g/mol. The van der Waals surface area contributed by atoms with E-state index < -0.39 is 48.4 Å². The van der Waals surface area contributed by atoms with E-state index in [1.807, 2.05) is 0 Å². The van der Waals surface area contributed by atoms with Crippen molar-refractivity contribution < 1.29 is 32.6 Å². The molecule has 0 bridgehead atoms. The summed E-state index contributed by atoms with van der Waals surface area (Å²) in [5, 5.41) is 2.25. The molecule has 6 nitrogen and oxygen atoms in total. The van der Waals surface area contributed by atoms with Crippen LogP contribution in [0.4, 0.5) is 8.78 Å². The first-order valence-corrected chi connectivity index (χ1v) is 6.25. The Bertz CT molecular complexity index is 576. The second-order valence-corrected chi connectivity index (χ2v) is 4.34. The van der Waals surface area contributed by atoms with E-state index in [2.05, 4.69) is 14.8 Å². The molecule has 0 saturated heterocycles. The van der Waals surface area contributed by atoms with Crippen molar-refractivity contribution in [3.8, 4) is 0 Å². The Labute approximate surface area is 125 Å². The van der Waals surface area contributed by atoms with Crippen molar-refractivity contribution in [3.05, 3.63) is 35.4 Å². The maximum atomic E-state index is 13.5. The fourth-order valence-electron chi connectivity index (χ4n) is 1.67. The summed E-state index contributed by atoms with van der Waals surface area (Å²) in [5.74, 6) is -3.91. The lowest BCUT2D eigenvalue weighted by atomic mass is 10.1. The fourth-order valence-corrected chi connectivity index (χ4v) is 1.67. The van der Waals surface area contributed by atoms with Gasteiger partial charge in [-0.05, 0) is 11.6 Å². The van der Waals surface area contributed by atoms with Crippen molar-refractivity contribution in [2.75, 3.05) is 14.2 Å². The van der Waals surface area contributed by atoms with E-state index in [9.17, 15) is 23.2 Å². The van der Waals surface area contributed by atoms with Crippen molar-refractivity contribution in [1.82, 2.24) is 5.32 Å². The number of benzene rings is 1. The minimum Gasteiger partial charge on any atom is -0.469 e. The van der Waals surface area contributed by atoms with Gasteiger partial charge < -0.3 is 14.8 Å². The van der Waals surface area contributed by atoms with Crippen molar-refractivity contribution in [1.29, 1.82) is 0 Å². The van der Waals surface area contributed by atoms with Gasteiger partial charge in [-0.2, -0.15) is 0 Å². The highest BCUT2D eigenvalue weighted by Gasteiger charge is 2.25. The topological polar surface area (TPSA) is 81.7 Å². The number of hydrogen-bond acceptors (Lipinski definition) is 5. The van der Waals surface area contributed by atoms with Crippen molar-refractivity contribution in [2.24, 2.45) is 0 Å². The van der Waals surface area contributed by atoms with Crippen LogP contribution in [0.25, 0.3) is 0 Å². The standard InChI is InChI=1S/C14H15F2NO5/c1-21-13(19)7-11(14(20)22-2)17-12(18)5-8-3-4-9(15)6-10(8)16/h3-4,6,11H,5,7H2,1-2H3,(H,17,18)/t11-/m0/s1. The molecule has 1 atom stereocenters. The highest BCUT2D eigenvalue weighted by atomic mass is 19.1. The van der Waals surface area contributed by atoms with Crippen LogP contribution in [0.3, 0.4) is 0 Å². The first-order chi connectivity index (χ1) is 10.4. The summed E-state index contributed by atoms with van der Waals surface area (Å²) in [6, 6.07) is 1.54. The second-order valence-electron chi connectivity index (χ2n) is 4.34. The van der Waals surface area contributed by atoms with Gasteiger partial charge in [-0.15, -0.1) is 0 Å². The zero-order valence-electron chi connectivity index (χ0n) is 12.0. The van der Waals surface area contributed by atoms with E-state index in [-0.39, 0.29) is 5.56 Å². The molecule has 0 aromatic heterocycles. The number of esters is 2. The molecule has 120 valence electrons. The van der Waals surface area contributed by atoms with Crippen LogP contribution in [0.5, 0.6) is 0 Å². The number of rotatable bonds is 6. The third-order valence-corrected chi connectivity index (χ3v) is 2.79. The summed E-state index contributed by atoms with van der Waals surface area (Å²) in [6.45, 7) is 0. The zero-order valence-corrected chi connectivity index (χ0v) is 12.0. The third-order valence-electron chi connectivity index (χ3n) is 2.79. The Hall–Kier alpha value is -2.51. The van der Waals surface area contributed by atoms with Gasteiger partial charge in [0.05, 0.1) is 27.1 Å². The van der Waals surface area contributed by atoms with Crippen LogP contribution in [-0.4, -0.2) is 38.1 Å². The summed E-state index contributed by atoms with van der Waals surface area (Å²) in [7, 11) is 2.23. The van der Waals surface area contributed by atoms with E-state index in [1.165, 1.54) is 0 Å². The molecule has 8 heteroatoms. The van der Waals surface area contributed by atoms with Gasteiger partial charge >= 0.3 is 11.9 Å². The van der Waals surface area contributed by atoms with Gasteiger partial charge in [0.2, 0.25) is 5.91 Å². The lowest BCUT2D eigenvalue weighted by Crippen LogP contribution is -2.43. The summed E-state index contributed by atoms with van der Waals surface area (Å²) >= 11 is 0. The van der Waals surface area contributed by atoms with Gasteiger partial charge in [0.15, 0.2) is 0 Å². The maximum absolute atomic E-state index is 13.5. The maximum Gasteiger partial charge on any atom is 0.328 e. The Kier molecular flexibility index (Phi) is 6.43. The number of methoxy groups -OCH3 is 2. The molecule has 1 N–H and O–H groups in total. The molecule has 0 heterocycles. The molecule has 0 saturated carbocycles. The Balaban J connectivity index is 2.74. The van der Waals surface area contributed by atoms with Crippen LogP contribution in [0.2, 0.25) is 0 Å². The largest absolute Gasteiger partial charge is 0.469 e. The number of carbonyl (C=O) groups is 3. The average molecular weight is 315 g/mol. The first kappa shape index (κ1) is 17.5. The van der Waals surface area contributed by atoms with E-state index in [0.717, 1.165) is 26.4 Å². The highest BCUT2D eigenvalue weighted by molar-refractivity contribution is 5.88. The zero-order chi connectivity index (χ0) is 16.7. The normalized spacial score (nSPS) is 11.5. The molecular formula is C14H15F2NO5. The molecule has 0 radical (unpaired) electrons. The van der Waals surface area contributed by atoms with E-state index in [4.69, 9.17) is 0 Å². The molecule has 0 unspecified atom stereocenters. The summed E-state index contributed by atoms with van der Waals surface area (Å²) in [5.41, 5.74) is -0.0411. The summed E-state index contributed by atoms with van der Waals surface area (Å²) in [4.78, 5) is 34.5. The molecular weight excluding hydrogens is 300 g/mol. The van der Waals surface area contributed by atoms with Gasteiger partial charge in [-0.1, -0.05) is 6.07 Å². The van der Waals surface area contributed by atoms with Gasteiger partial charge in [0.1, 0.15) is 17.7 Å². The van der Waals surface area contributed by atoms with E-state index in [0.29, 0.717) is 6.07 Å². The van der Waals surface area contributed by atoms with Crippen molar-refractivity contribution in [3.63, 3.8) is 0 Å². The Morgan fingerprint density at radius 2 is 1.86 bits per heavy atom. The minimum atomic E-state index is -1.24. The SMILES string of the molecule is COC(=O)C[C@H](NC(=O)Cc1ccc(F)cc1F)C(=O)OC. The molecule has 0 aliphatic carbocycles. The van der Waals surface area contributed by atoms with Crippen LogP contribution in [0, 0.1) is 11.6 Å². The predicted octanol–water partition coefficient (Wildman–Crippen LogP) is 0.728. The van der Waals surface area contributed by atoms with Crippen LogP contribution >= 0.6 is 0 Å². The molecule has 0 spiro atoms. The van der Waals surface area contributed by atoms with E-state index >= 15 is 0 Å². The fraction of sp³-hybridized carbons (Fsp3) is 0.357. The number of hydrogen-bond donors (Lipinski definition) is 1. The smallest absolute Gasteiger partial charge is 0.328 e. The van der Waals surface area contributed by atoms with Gasteiger partial charge in [-0.25, -0.2) is 13.6 Å². The molecule has 1 amide bonds. The van der Waals surface area contributed by atoms with Crippen LogP contribution < -0.4 is 5.32 Å². The van der Waals surface area contributed by atoms with Gasteiger partial charge in [0, 0.05) is 6.07 Å². The number of ether oxygens (including phenoxy) is 2. The molecule has 22 heavy (non-hydrogen) atoms. The quantitative estimate of drug-likeness (QED) is 0.783. The van der Waals surface area contributed by atoms with Crippen LogP contribution in [-0.2, 0) is 30.3 Å². The Morgan fingerprint density at radius 1 is 1.18 bits per heavy atom. The molecule has 0 aliphatic rings. The second kappa shape index (κ2) is 8.06. The number of amides is 1. The molecule has 1 aromatic carbocycles. The molecule has 1 aromatic rings. The first-order valence-electron chi connectivity index (χ1n) is 6.25. The minimum absolute atomic E-state index is 0.0411. The lowest BCUT2D eigenvalue weighted by Gasteiger charge is -2.15. The van der Waals surface area contributed by atoms with E-state index in [1.54, 1.807) is 0 Å². The number of carbonyl (C=O) groups excluding carboxylic acids is 3. The van der Waals surface area contributed by atoms with Crippen LogP contribution in [0.15, 0.2) is 18.2 Å². The lowest BCUT2D eigenvalue weighted by molar-refractivity contribution is -0.150. The van der Waals surface area contributed by atoms with Crippen molar-refractivity contribution >= 4 is 17.8 Å². The predicted molar refractivity (Wildman–Crippen MR) is 70.6 cm³/mol. The Morgan fingerprint density at radius 3 is 2.41 bits per heavy atom. The highest BCUT2D eigenvalue weighted by Crippen LogP contribution is 2.10. The average Bonchev–Trinajstić information content (AvgIpc) is 2.48. The van der Waals surface area contributed by atoms with Gasteiger partial charge in [0.25, 0.3) is 0 Å². The molecule has 0 aliphatic heterocycles. The van der Waals surface area contributed by atoms with Crippen molar-refractivity contribution in [2.45, 2.75) is 18.9 Å². The third kappa shape index (κ3) is 5.12. The summed E-state index contributed by atoms with van der Waals surface area (Å²) < 4.78 is 35.1. The number of nitrogens with one attached hydrogen (secondary N) is 1. The summed E-state index contributed by atoms with van der Waals surface area (Å²) in [6.07, 6.45) is -0.832. The number of halogens is 2.